The quantitative estimate of drug-likeness (QED) is 0.842. The molecule has 0 spiro atoms. The van der Waals surface area contributed by atoms with Gasteiger partial charge >= 0.3 is 0 Å². The zero-order chi connectivity index (χ0) is 9.68. The summed E-state index contributed by atoms with van der Waals surface area (Å²) < 4.78 is 0.536. The van der Waals surface area contributed by atoms with E-state index in [1.54, 1.807) is 0 Å². The van der Waals surface area contributed by atoms with Gasteiger partial charge in [0.15, 0.2) is 0 Å². The minimum Gasteiger partial charge on any atom is -0.354 e. The van der Waals surface area contributed by atoms with Gasteiger partial charge in [-0.15, -0.1) is 0 Å². The Bertz CT molecular complexity index is 253. The van der Waals surface area contributed by atoms with Gasteiger partial charge in [0.1, 0.15) is 0 Å². The van der Waals surface area contributed by atoms with Crippen LogP contribution in [0.15, 0.2) is 4.73 Å². The molecular weight excluding hydrogens is 234 g/mol. The minimum absolute atomic E-state index is 0.536. The van der Waals surface area contributed by atoms with E-state index < -0.39 is 0 Å². The molecule has 1 rings (SSSR count). The Morgan fingerprint density at radius 2 is 1.46 bits per heavy atom. The number of rotatable bonds is 4. The third kappa shape index (κ3) is 3.14. The molecule has 0 atom stereocenters. The van der Waals surface area contributed by atoms with Crippen LogP contribution >= 0.6 is 15.9 Å². The predicted octanol–water partition coefficient (Wildman–Crippen LogP) is 1.50. The van der Waals surface area contributed by atoms with E-state index in [2.05, 4.69) is 41.5 Å². The van der Waals surface area contributed by atoms with E-state index >= 15 is 0 Å². The second-order valence-electron chi connectivity index (χ2n) is 2.31. The smallest absolute Gasteiger partial charge is 0.228 e. The highest BCUT2D eigenvalue weighted by Crippen LogP contribution is 2.09. The first-order valence-electron chi connectivity index (χ1n) is 4.15. The summed E-state index contributed by atoms with van der Waals surface area (Å²) in [5.74, 6) is 1.17. The Morgan fingerprint density at radius 3 is 1.85 bits per heavy atom. The van der Waals surface area contributed by atoms with E-state index in [0.717, 1.165) is 13.1 Å². The second kappa shape index (κ2) is 4.96. The first-order chi connectivity index (χ1) is 6.26. The Morgan fingerprint density at radius 1 is 1.00 bits per heavy atom. The van der Waals surface area contributed by atoms with Crippen molar-refractivity contribution >= 4 is 27.8 Å². The van der Waals surface area contributed by atoms with Crippen LogP contribution in [0.3, 0.4) is 0 Å². The summed E-state index contributed by atoms with van der Waals surface area (Å²) in [4.78, 5) is 12.2. The summed E-state index contributed by atoms with van der Waals surface area (Å²) in [5, 5.41) is 6.03. The number of nitrogens with one attached hydrogen (secondary N) is 2. The van der Waals surface area contributed by atoms with Gasteiger partial charge in [0.2, 0.25) is 16.6 Å². The molecule has 1 aromatic rings. The molecule has 0 unspecified atom stereocenters. The molecule has 0 saturated carbocycles. The van der Waals surface area contributed by atoms with Crippen LogP contribution in [0.5, 0.6) is 0 Å². The van der Waals surface area contributed by atoms with Gasteiger partial charge in [-0.1, -0.05) is 0 Å². The molecule has 0 aliphatic carbocycles. The number of hydrogen-bond acceptors (Lipinski definition) is 5. The molecule has 5 nitrogen and oxygen atoms in total. The summed E-state index contributed by atoms with van der Waals surface area (Å²) in [7, 11) is 0. The van der Waals surface area contributed by atoms with Gasteiger partial charge in [-0.3, -0.25) is 0 Å². The Labute approximate surface area is 85.5 Å². The molecule has 0 saturated heterocycles. The summed E-state index contributed by atoms with van der Waals surface area (Å²) in [6.45, 7) is 5.57. The monoisotopic (exact) mass is 245 g/mol. The highest BCUT2D eigenvalue weighted by molar-refractivity contribution is 9.10. The molecule has 0 radical (unpaired) electrons. The van der Waals surface area contributed by atoms with Crippen LogP contribution in [-0.2, 0) is 0 Å². The average Bonchev–Trinajstić information content (AvgIpc) is 2.04. The third-order valence-electron chi connectivity index (χ3n) is 1.28. The molecule has 1 aromatic heterocycles. The van der Waals surface area contributed by atoms with E-state index in [-0.39, 0.29) is 0 Å². The van der Waals surface area contributed by atoms with E-state index in [0.29, 0.717) is 16.6 Å². The lowest BCUT2D eigenvalue weighted by Gasteiger charge is -2.04. The number of anilines is 2. The van der Waals surface area contributed by atoms with Crippen molar-refractivity contribution in [2.75, 3.05) is 23.7 Å². The van der Waals surface area contributed by atoms with Gasteiger partial charge in [0.25, 0.3) is 0 Å². The van der Waals surface area contributed by atoms with Crippen molar-refractivity contribution in [3.63, 3.8) is 0 Å². The molecule has 6 heteroatoms. The Kier molecular flexibility index (Phi) is 3.88. The normalized spacial score (nSPS) is 9.77. The molecular formula is C7H12BrN5. The Balaban J connectivity index is 2.83. The topological polar surface area (TPSA) is 62.7 Å². The van der Waals surface area contributed by atoms with Gasteiger partial charge in [-0.25, -0.2) is 0 Å². The van der Waals surface area contributed by atoms with Gasteiger partial charge in [-0.2, -0.15) is 15.0 Å². The summed E-state index contributed by atoms with van der Waals surface area (Å²) in [5.41, 5.74) is 0. The lowest BCUT2D eigenvalue weighted by molar-refractivity contribution is 0.974. The molecule has 0 fully saturated rings. The summed E-state index contributed by atoms with van der Waals surface area (Å²) in [6.07, 6.45) is 0. The van der Waals surface area contributed by atoms with Crippen molar-refractivity contribution in [3.8, 4) is 0 Å². The standard InChI is InChI=1S/C7H12BrN5/c1-3-9-6-11-5(8)12-7(13-6)10-4-2/h3-4H2,1-2H3,(H2,9,10,11,12,13). The fourth-order valence-corrected chi connectivity index (χ4v) is 1.16. The van der Waals surface area contributed by atoms with E-state index in [1.165, 1.54) is 0 Å². The maximum absolute atomic E-state index is 4.14. The van der Waals surface area contributed by atoms with Crippen molar-refractivity contribution in [3.05, 3.63) is 4.73 Å². The van der Waals surface area contributed by atoms with Gasteiger partial charge in [-0.05, 0) is 29.8 Å². The van der Waals surface area contributed by atoms with Crippen molar-refractivity contribution in [1.82, 2.24) is 15.0 Å². The first-order valence-corrected chi connectivity index (χ1v) is 4.94. The van der Waals surface area contributed by atoms with Crippen LogP contribution in [0.2, 0.25) is 0 Å². The van der Waals surface area contributed by atoms with E-state index in [1.807, 2.05) is 13.8 Å². The largest absolute Gasteiger partial charge is 0.354 e. The number of hydrogen-bond donors (Lipinski definition) is 2. The van der Waals surface area contributed by atoms with E-state index in [9.17, 15) is 0 Å². The molecule has 2 N–H and O–H groups in total. The van der Waals surface area contributed by atoms with Crippen molar-refractivity contribution < 1.29 is 0 Å². The van der Waals surface area contributed by atoms with E-state index in [4.69, 9.17) is 0 Å². The highest BCUT2D eigenvalue weighted by Gasteiger charge is 2.01. The lowest BCUT2D eigenvalue weighted by atomic mass is 10.7. The number of aromatic nitrogens is 3. The van der Waals surface area contributed by atoms with Crippen LogP contribution in [0.25, 0.3) is 0 Å². The number of nitrogens with zero attached hydrogens (tertiary/aromatic N) is 3. The Hall–Kier alpha value is -0.910. The number of halogens is 1. The van der Waals surface area contributed by atoms with Crippen LogP contribution in [0, 0.1) is 0 Å². The zero-order valence-corrected chi connectivity index (χ0v) is 9.22. The van der Waals surface area contributed by atoms with Crippen LogP contribution in [0.4, 0.5) is 11.9 Å². The summed E-state index contributed by atoms with van der Waals surface area (Å²) >= 11 is 3.21. The second-order valence-corrected chi connectivity index (χ2v) is 3.02. The molecule has 0 bridgehead atoms. The molecule has 72 valence electrons. The average molecular weight is 246 g/mol. The molecule has 0 aliphatic heterocycles. The molecule has 0 amide bonds. The van der Waals surface area contributed by atoms with Crippen molar-refractivity contribution in [1.29, 1.82) is 0 Å². The molecule has 0 aliphatic rings. The van der Waals surface area contributed by atoms with Gasteiger partial charge in [0, 0.05) is 13.1 Å². The highest BCUT2D eigenvalue weighted by atomic mass is 79.9. The lowest BCUT2D eigenvalue weighted by Crippen LogP contribution is -2.08. The zero-order valence-electron chi connectivity index (χ0n) is 7.63. The minimum atomic E-state index is 0.536. The fraction of sp³-hybridized carbons (Fsp3) is 0.571. The third-order valence-corrected chi connectivity index (χ3v) is 1.63. The molecule has 0 aromatic carbocycles. The fourth-order valence-electron chi connectivity index (χ4n) is 0.824. The maximum atomic E-state index is 4.14. The summed E-state index contributed by atoms with van der Waals surface area (Å²) in [6, 6.07) is 0. The molecule has 13 heavy (non-hydrogen) atoms. The van der Waals surface area contributed by atoms with Crippen LogP contribution in [-0.4, -0.2) is 28.0 Å². The van der Waals surface area contributed by atoms with Crippen molar-refractivity contribution in [2.45, 2.75) is 13.8 Å². The molecule has 1 heterocycles. The van der Waals surface area contributed by atoms with Crippen LogP contribution in [0.1, 0.15) is 13.8 Å². The predicted molar refractivity (Wildman–Crippen MR) is 55.9 cm³/mol. The van der Waals surface area contributed by atoms with Crippen molar-refractivity contribution in [2.24, 2.45) is 0 Å². The first kappa shape index (κ1) is 10.2. The van der Waals surface area contributed by atoms with Gasteiger partial charge < -0.3 is 10.6 Å². The maximum Gasteiger partial charge on any atom is 0.228 e. The van der Waals surface area contributed by atoms with Crippen LogP contribution < -0.4 is 10.6 Å². The SMILES string of the molecule is CCNc1nc(Br)nc(NCC)n1. The van der Waals surface area contributed by atoms with Gasteiger partial charge in [0.05, 0.1) is 0 Å².